The van der Waals surface area contributed by atoms with Gasteiger partial charge in [-0.05, 0) is 30.3 Å². The Hall–Kier alpha value is -1.39. The van der Waals surface area contributed by atoms with E-state index in [2.05, 4.69) is 4.98 Å². The second kappa shape index (κ2) is 5.29. The minimum atomic E-state index is 0.516. The van der Waals surface area contributed by atoms with Crippen LogP contribution in [-0.2, 0) is 0 Å². The highest BCUT2D eigenvalue weighted by molar-refractivity contribution is 7.99. The summed E-state index contributed by atoms with van der Waals surface area (Å²) in [5.41, 5.74) is 5.52. The number of ether oxygens (including phenoxy) is 1. The molecule has 3 nitrogen and oxygen atoms in total. The third kappa shape index (κ3) is 3.05. The molecule has 0 spiro atoms. The van der Waals surface area contributed by atoms with Crippen molar-refractivity contribution >= 4 is 29.2 Å². The molecular formula is C12H11ClN2OS. The van der Waals surface area contributed by atoms with Gasteiger partial charge in [-0.25, -0.2) is 4.98 Å². The lowest BCUT2D eigenvalue weighted by molar-refractivity contribution is 0.414. The Bertz CT molecular complexity index is 516. The van der Waals surface area contributed by atoms with Gasteiger partial charge in [0.25, 0.3) is 0 Å². The summed E-state index contributed by atoms with van der Waals surface area (Å²) in [6, 6.07) is 9.35. The van der Waals surface area contributed by atoms with Crippen LogP contribution in [0.4, 0.5) is 5.82 Å². The summed E-state index contributed by atoms with van der Waals surface area (Å²) in [7, 11) is 1.60. The molecule has 0 atom stereocenters. The molecule has 0 aliphatic heterocycles. The summed E-state index contributed by atoms with van der Waals surface area (Å²) in [6.07, 6.45) is 1.73. The first-order valence-electron chi connectivity index (χ1n) is 4.92. The number of hydrogen-bond donors (Lipinski definition) is 1. The highest BCUT2D eigenvalue weighted by atomic mass is 35.5. The molecule has 2 rings (SSSR count). The number of nitrogens with two attached hydrogens (primary N) is 1. The third-order valence-electron chi connectivity index (χ3n) is 2.12. The number of halogens is 1. The number of rotatable bonds is 3. The largest absolute Gasteiger partial charge is 0.495 e. The summed E-state index contributed by atoms with van der Waals surface area (Å²) in [5.74, 6) is 1.19. The lowest BCUT2D eigenvalue weighted by Crippen LogP contribution is -1.88. The molecule has 0 saturated carbocycles. The van der Waals surface area contributed by atoms with Crippen LogP contribution in [0.3, 0.4) is 0 Å². The summed E-state index contributed by atoms with van der Waals surface area (Å²) < 4.78 is 5.10. The molecule has 0 aliphatic carbocycles. The minimum absolute atomic E-state index is 0.516. The van der Waals surface area contributed by atoms with Crippen molar-refractivity contribution in [1.82, 2.24) is 4.98 Å². The predicted molar refractivity (Wildman–Crippen MR) is 70.8 cm³/mol. The second-order valence-corrected chi connectivity index (χ2v) is 4.87. The van der Waals surface area contributed by atoms with Gasteiger partial charge in [0.2, 0.25) is 0 Å². The van der Waals surface area contributed by atoms with Crippen molar-refractivity contribution in [3.05, 3.63) is 41.6 Å². The van der Waals surface area contributed by atoms with Crippen molar-refractivity contribution in [2.24, 2.45) is 0 Å². The molecule has 0 unspecified atom stereocenters. The van der Waals surface area contributed by atoms with Crippen molar-refractivity contribution in [3.63, 3.8) is 0 Å². The average Bonchev–Trinajstić information content (AvgIpc) is 2.32. The van der Waals surface area contributed by atoms with E-state index < -0.39 is 0 Å². The van der Waals surface area contributed by atoms with E-state index in [1.807, 2.05) is 24.3 Å². The van der Waals surface area contributed by atoms with Crippen LogP contribution >= 0.6 is 23.4 Å². The zero-order valence-electron chi connectivity index (χ0n) is 9.18. The molecule has 1 aromatic carbocycles. The summed E-state index contributed by atoms with van der Waals surface area (Å²) >= 11 is 7.62. The Morgan fingerprint density at radius 2 is 2.00 bits per heavy atom. The third-order valence-corrected chi connectivity index (χ3v) is 3.38. The molecule has 0 amide bonds. The SMILES string of the molecule is COc1ccc(Sc2ccc(N)nc2)cc1Cl. The van der Waals surface area contributed by atoms with E-state index in [4.69, 9.17) is 22.1 Å². The van der Waals surface area contributed by atoms with Crippen molar-refractivity contribution in [3.8, 4) is 5.75 Å². The molecule has 0 bridgehead atoms. The van der Waals surface area contributed by atoms with Crippen LogP contribution in [0.5, 0.6) is 5.75 Å². The van der Waals surface area contributed by atoms with E-state index in [1.54, 1.807) is 31.1 Å². The number of pyridine rings is 1. The van der Waals surface area contributed by atoms with Crippen LogP contribution in [0.15, 0.2) is 46.3 Å². The standard InChI is InChI=1S/C12H11ClN2OS/c1-16-11-4-2-8(6-10(11)13)17-9-3-5-12(14)15-7-9/h2-7H,1H3,(H2,14,15). The molecule has 2 N–H and O–H groups in total. The van der Waals surface area contributed by atoms with Crippen molar-refractivity contribution < 1.29 is 4.74 Å². The van der Waals surface area contributed by atoms with Crippen molar-refractivity contribution in [2.75, 3.05) is 12.8 Å². The number of aromatic nitrogens is 1. The molecule has 0 radical (unpaired) electrons. The molecule has 1 heterocycles. The van der Waals surface area contributed by atoms with E-state index in [0.717, 1.165) is 9.79 Å². The first-order chi connectivity index (χ1) is 8.19. The van der Waals surface area contributed by atoms with Gasteiger partial charge in [0, 0.05) is 16.0 Å². The Morgan fingerprint density at radius 1 is 1.24 bits per heavy atom. The maximum atomic E-state index is 6.05. The van der Waals surface area contributed by atoms with Gasteiger partial charge in [0.05, 0.1) is 12.1 Å². The fourth-order valence-corrected chi connectivity index (χ4v) is 2.45. The molecule has 0 aliphatic rings. The highest BCUT2D eigenvalue weighted by Gasteiger charge is 2.03. The van der Waals surface area contributed by atoms with E-state index in [1.165, 1.54) is 0 Å². The maximum absolute atomic E-state index is 6.05. The van der Waals surface area contributed by atoms with Gasteiger partial charge in [-0.3, -0.25) is 0 Å². The number of anilines is 1. The number of nitrogens with zero attached hydrogens (tertiary/aromatic N) is 1. The zero-order chi connectivity index (χ0) is 12.3. The van der Waals surface area contributed by atoms with E-state index in [9.17, 15) is 0 Å². The number of methoxy groups -OCH3 is 1. The Labute approximate surface area is 109 Å². The molecule has 1 aromatic heterocycles. The number of benzene rings is 1. The maximum Gasteiger partial charge on any atom is 0.137 e. The topological polar surface area (TPSA) is 48.1 Å². The van der Waals surface area contributed by atoms with Gasteiger partial charge in [0.15, 0.2) is 0 Å². The van der Waals surface area contributed by atoms with Gasteiger partial charge < -0.3 is 10.5 Å². The van der Waals surface area contributed by atoms with E-state index in [0.29, 0.717) is 16.6 Å². The van der Waals surface area contributed by atoms with E-state index in [-0.39, 0.29) is 0 Å². The van der Waals surface area contributed by atoms with Crippen LogP contribution < -0.4 is 10.5 Å². The van der Waals surface area contributed by atoms with Crippen molar-refractivity contribution in [2.45, 2.75) is 9.79 Å². The Balaban J connectivity index is 2.19. The molecule has 5 heteroatoms. The molecule has 2 aromatic rings. The Kier molecular flexibility index (Phi) is 3.76. The lowest BCUT2D eigenvalue weighted by Gasteiger charge is -2.05. The monoisotopic (exact) mass is 266 g/mol. The van der Waals surface area contributed by atoms with Gasteiger partial charge in [-0.2, -0.15) is 0 Å². The first kappa shape index (κ1) is 12.1. The van der Waals surface area contributed by atoms with Crippen LogP contribution in [0.1, 0.15) is 0 Å². The fourth-order valence-electron chi connectivity index (χ4n) is 1.30. The normalized spacial score (nSPS) is 10.2. The molecule has 0 fully saturated rings. The quantitative estimate of drug-likeness (QED) is 0.924. The van der Waals surface area contributed by atoms with Crippen LogP contribution in [0.25, 0.3) is 0 Å². The molecular weight excluding hydrogens is 256 g/mol. The number of hydrogen-bond acceptors (Lipinski definition) is 4. The summed E-state index contributed by atoms with van der Waals surface area (Å²) in [4.78, 5) is 6.07. The molecule has 88 valence electrons. The second-order valence-electron chi connectivity index (χ2n) is 3.32. The lowest BCUT2D eigenvalue weighted by atomic mass is 10.3. The van der Waals surface area contributed by atoms with Gasteiger partial charge in [0.1, 0.15) is 11.6 Å². The smallest absolute Gasteiger partial charge is 0.137 e. The summed E-state index contributed by atoms with van der Waals surface area (Å²) in [5, 5.41) is 0.598. The van der Waals surface area contributed by atoms with Gasteiger partial charge in [-0.1, -0.05) is 23.4 Å². The number of nitrogen functional groups attached to an aromatic ring is 1. The van der Waals surface area contributed by atoms with E-state index >= 15 is 0 Å². The Morgan fingerprint density at radius 3 is 2.59 bits per heavy atom. The van der Waals surface area contributed by atoms with Crippen molar-refractivity contribution in [1.29, 1.82) is 0 Å². The predicted octanol–water partition coefficient (Wildman–Crippen LogP) is 3.48. The summed E-state index contributed by atoms with van der Waals surface area (Å²) in [6.45, 7) is 0. The van der Waals surface area contributed by atoms with Crippen LogP contribution in [-0.4, -0.2) is 12.1 Å². The molecule has 0 saturated heterocycles. The van der Waals surface area contributed by atoms with Gasteiger partial charge >= 0.3 is 0 Å². The van der Waals surface area contributed by atoms with Crippen LogP contribution in [0, 0.1) is 0 Å². The van der Waals surface area contributed by atoms with Crippen LogP contribution in [0.2, 0.25) is 5.02 Å². The minimum Gasteiger partial charge on any atom is -0.495 e. The first-order valence-corrected chi connectivity index (χ1v) is 6.11. The molecule has 17 heavy (non-hydrogen) atoms. The average molecular weight is 267 g/mol. The fraction of sp³-hybridized carbons (Fsp3) is 0.0833. The highest BCUT2D eigenvalue weighted by Crippen LogP contribution is 2.33. The van der Waals surface area contributed by atoms with Gasteiger partial charge in [-0.15, -0.1) is 0 Å². The zero-order valence-corrected chi connectivity index (χ0v) is 10.8.